The molecule has 1 saturated heterocycles. The lowest BCUT2D eigenvalue weighted by Gasteiger charge is -2.30. The molecule has 1 amide bonds. The first-order valence-corrected chi connectivity index (χ1v) is 8.22. The van der Waals surface area contributed by atoms with Crippen LogP contribution in [-0.4, -0.2) is 56.9 Å². The van der Waals surface area contributed by atoms with E-state index in [4.69, 9.17) is 9.47 Å². The summed E-state index contributed by atoms with van der Waals surface area (Å²) in [5.41, 5.74) is -0.0640. The summed E-state index contributed by atoms with van der Waals surface area (Å²) in [7, 11) is 0. The van der Waals surface area contributed by atoms with Gasteiger partial charge >= 0.3 is 18.0 Å². The monoisotopic (exact) mass is 365 g/mol. The first-order valence-electron chi connectivity index (χ1n) is 8.22. The van der Waals surface area contributed by atoms with Gasteiger partial charge in [-0.3, -0.25) is 4.90 Å². The molecular weight excluding hydrogens is 342 g/mol. The van der Waals surface area contributed by atoms with Crippen molar-refractivity contribution < 1.29 is 34.1 Å². The average Bonchev–Trinajstić information content (AvgIpc) is 2.92. The molecule has 0 unspecified atom stereocenters. The molecule has 1 aliphatic heterocycles. The second-order valence-corrected chi connectivity index (χ2v) is 7.10. The SMILES string of the molecule is CC(C)(C)OC(=O)N1[C@@H](C(=O)O)C[C@H](OCc2ccccc2)[C@H]1C(=O)O. The smallest absolute Gasteiger partial charge is 0.411 e. The van der Waals surface area contributed by atoms with E-state index in [1.165, 1.54) is 0 Å². The molecule has 0 saturated carbocycles. The number of ether oxygens (including phenoxy) is 2. The first-order chi connectivity index (χ1) is 12.1. The fraction of sp³-hybridized carbons (Fsp3) is 0.500. The van der Waals surface area contributed by atoms with Gasteiger partial charge in [-0.05, 0) is 26.3 Å². The molecule has 1 heterocycles. The summed E-state index contributed by atoms with van der Waals surface area (Å²) in [5, 5.41) is 19.0. The number of carbonyl (C=O) groups excluding carboxylic acids is 1. The van der Waals surface area contributed by atoms with E-state index < -0.39 is 41.8 Å². The number of hydrogen-bond acceptors (Lipinski definition) is 5. The topological polar surface area (TPSA) is 113 Å². The van der Waals surface area contributed by atoms with Gasteiger partial charge in [0.2, 0.25) is 0 Å². The summed E-state index contributed by atoms with van der Waals surface area (Å²) in [4.78, 5) is 36.5. The normalized spacial score (nSPS) is 22.9. The maximum absolute atomic E-state index is 12.4. The third-order valence-electron chi connectivity index (χ3n) is 3.89. The van der Waals surface area contributed by atoms with Crippen LogP contribution in [0, 0.1) is 0 Å². The molecule has 2 rings (SSSR count). The van der Waals surface area contributed by atoms with Gasteiger partial charge < -0.3 is 19.7 Å². The molecule has 3 atom stereocenters. The Kier molecular flexibility index (Phi) is 5.86. The van der Waals surface area contributed by atoms with Crippen LogP contribution in [0.5, 0.6) is 0 Å². The lowest BCUT2D eigenvalue weighted by atomic mass is 10.1. The van der Waals surface area contributed by atoms with Crippen molar-refractivity contribution in [3.05, 3.63) is 35.9 Å². The summed E-state index contributed by atoms with van der Waals surface area (Å²) < 4.78 is 10.9. The van der Waals surface area contributed by atoms with Gasteiger partial charge in [0, 0.05) is 6.42 Å². The fourth-order valence-electron chi connectivity index (χ4n) is 2.83. The number of likely N-dealkylation sites (tertiary alicyclic amines) is 1. The Balaban J connectivity index is 2.22. The summed E-state index contributed by atoms with van der Waals surface area (Å²) in [6, 6.07) is 6.32. The molecule has 1 aromatic rings. The number of carboxylic acid groups (broad SMARTS) is 2. The molecule has 0 aliphatic carbocycles. The second-order valence-electron chi connectivity index (χ2n) is 7.10. The van der Waals surface area contributed by atoms with Crippen molar-refractivity contribution in [3.8, 4) is 0 Å². The molecule has 142 valence electrons. The maximum Gasteiger partial charge on any atom is 0.411 e. The average molecular weight is 365 g/mol. The van der Waals surface area contributed by atoms with Crippen LogP contribution in [0.4, 0.5) is 4.79 Å². The van der Waals surface area contributed by atoms with Crippen molar-refractivity contribution in [2.75, 3.05) is 0 Å². The first kappa shape index (κ1) is 19.7. The van der Waals surface area contributed by atoms with Crippen LogP contribution >= 0.6 is 0 Å². The molecule has 1 fully saturated rings. The van der Waals surface area contributed by atoms with Gasteiger partial charge in [0.05, 0.1) is 12.7 Å². The van der Waals surface area contributed by atoms with E-state index in [1.54, 1.807) is 20.8 Å². The quantitative estimate of drug-likeness (QED) is 0.821. The summed E-state index contributed by atoms with van der Waals surface area (Å²) >= 11 is 0. The van der Waals surface area contributed by atoms with Crippen molar-refractivity contribution in [2.24, 2.45) is 0 Å². The molecule has 0 spiro atoms. The van der Waals surface area contributed by atoms with E-state index >= 15 is 0 Å². The molecule has 0 aromatic heterocycles. The number of amides is 1. The molecular formula is C18H23NO7. The molecule has 2 N–H and O–H groups in total. The Bertz CT molecular complexity index is 668. The standard InChI is InChI=1S/C18H23NO7/c1-18(2,3)26-17(24)19-12(15(20)21)9-13(14(19)16(22)23)25-10-11-7-5-4-6-8-11/h4-8,12-14H,9-10H2,1-3H3,(H,20,21)(H,22,23)/t12-,13+,14+/m1/s1. The van der Waals surface area contributed by atoms with Crippen LogP contribution < -0.4 is 0 Å². The molecule has 1 aliphatic rings. The van der Waals surface area contributed by atoms with Crippen molar-refractivity contribution in [2.45, 2.75) is 57.6 Å². The van der Waals surface area contributed by atoms with Crippen LogP contribution in [-0.2, 0) is 25.7 Å². The van der Waals surface area contributed by atoms with Crippen LogP contribution in [0.1, 0.15) is 32.8 Å². The van der Waals surface area contributed by atoms with E-state index in [9.17, 15) is 24.6 Å². The van der Waals surface area contributed by atoms with Crippen LogP contribution in [0.15, 0.2) is 30.3 Å². The maximum atomic E-state index is 12.4. The number of nitrogens with zero attached hydrogens (tertiary/aromatic N) is 1. The highest BCUT2D eigenvalue weighted by Gasteiger charge is 2.52. The van der Waals surface area contributed by atoms with Crippen LogP contribution in [0.2, 0.25) is 0 Å². The largest absolute Gasteiger partial charge is 0.480 e. The predicted molar refractivity (Wildman–Crippen MR) is 90.6 cm³/mol. The van der Waals surface area contributed by atoms with E-state index in [0.717, 1.165) is 10.5 Å². The molecule has 8 heteroatoms. The highest BCUT2D eigenvalue weighted by atomic mass is 16.6. The van der Waals surface area contributed by atoms with Crippen LogP contribution in [0.25, 0.3) is 0 Å². The fourth-order valence-corrected chi connectivity index (χ4v) is 2.83. The summed E-state index contributed by atoms with van der Waals surface area (Å²) in [6.45, 7) is 4.98. The van der Waals surface area contributed by atoms with Crippen molar-refractivity contribution in [1.82, 2.24) is 4.90 Å². The molecule has 0 bridgehead atoms. The van der Waals surface area contributed by atoms with Gasteiger partial charge in [0.25, 0.3) is 0 Å². The molecule has 1 aromatic carbocycles. The minimum Gasteiger partial charge on any atom is -0.480 e. The lowest BCUT2D eigenvalue weighted by molar-refractivity contribution is -0.148. The number of aliphatic carboxylic acids is 2. The highest BCUT2D eigenvalue weighted by Crippen LogP contribution is 2.30. The minimum atomic E-state index is -1.44. The molecule has 8 nitrogen and oxygen atoms in total. The number of rotatable bonds is 5. The Morgan fingerprint density at radius 2 is 1.73 bits per heavy atom. The van der Waals surface area contributed by atoms with Gasteiger partial charge in [-0.15, -0.1) is 0 Å². The Morgan fingerprint density at radius 1 is 1.12 bits per heavy atom. The third-order valence-corrected chi connectivity index (χ3v) is 3.89. The van der Waals surface area contributed by atoms with Crippen LogP contribution in [0.3, 0.4) is 0 Å². The number of carboxylic acids is 2. The van der Waals surface area contributed by atoms with E-state index in [2.05, 4.69) is 0 Å². The zero-order chi connectivity index (χ0) is 19.5. The van der Waals surface area contributed by atoms with Gasteiger partial charge in [-0.1, -0.05) is 30.3 Å². The van der Waals surface area contributed by atoms with E-state index in [-0.39, 0.29) is 13.0 Å². The van der Waals surface area contributed by atoms with Gasteiger partial charge in [-0.25, -0.2) is 14.4 Å². The summed E-state index contributed by atoms with van der Waals surface area (Å²) in [6.07, 6.45) is -2.07. The zero-order valence-corrected chi connectivity index (χ0v) is 14.9. The molecule has 0 radical (unpaired) electrons. The number of carbonyl (C=O) groups is 3. The van der Waals surface area contributed by atoms with Gasteiger partial charge in [0.15, 0.2) is 6.04 Å². The summed E-state index contributed by atoms with van der Waals surface area (Å²) in [5.74, 6) is -2.63. The number of benzene rings is 1. The van der Waals surface area contributed by atoms with Gasteiger partial charge in [-0.2, -0.15) is 0 Å². The third kappa shape index (κ3) is 4.72. The number of hydrogen-bond donors (Lipinski definition) is 2. The Hall–Kier alpha value is -2.61. The predicted octanol–water partition coefficient (Wildman–Crippen LogP) is 2.12. The highest BCUT2D eigenvalue weighted by molar-refractivity contribution is 5.87. The minimum absolute atomic E-state index is 0.115. The molecule has 26 heavy (non-hydrogen) atoms. The lowest BCUT2D eigenvalue weighted by Crippen LogP contribution is -2.51. The second kappa shape index (κ2) is 7.74. The zero-order valence-electron chi connectivity index (χ0n) is 14.9. The van der Waals surface area contributed by atoms with Crippen molar-refractivity contribution in [1.29, 1.82) is 0 Å². The van der Waals surface area contributed by atoms with E-state index in [0.29, 0.717) is 0 Å². The Labute approximate surface area is 151 Å². The van der Waals surface area contributed by atoms with Gasteiger partial charge in [0.1, 0.15) is 11.6 Å². The Morgan fingerprint density at radius 3 is 2.23 bits per heavy atom. The van der Waals surface area contributed by atoms with E-state index in [1.807, 2.05) is 30.3 Å². The van der Waals surface area contributed by atoms with Crippen molar-refractivity contribution in [3.63, 3.8) is 0 Å². The van der Waals surface area contributed by atoms with Crippen molar-refractivity contribution >= 4 is 18.0 Å².